The molecule has 0 bridgehead atoms. The summed E-state index contributed by atoms with van der Waals surface area (Å²) in [5.74, 6) is -0.189. The van der Waals surface area contributed by atoms with Crippen LogP contribution in [0.15, 0.2) is 72.9 Å². The minimum atomic E-state index is -0.854. The monoisotopic (exact) mass is 370 g/mol. The fraction of sp³-hybridized carbons (Fsp3) is 0.348. The third-order valence-corrected chi connectivity index (χ3v) is 3.67. The standard InChI is InChI=1S/C23H30O4/c1-2-3-4-5-6-7-8-9-10-11-12-21(24)17-18-27-22-15-13-20(14-16-22)19-23(25)26/h3-4,7-16,21,24H,2,5-6,17-19H2,1H3,(H,25,26)/b4-3-,8-7+,10-9-,12-11+. The molecule has 4 nitrogen and oxygen atoms in total. The Kier molecular flexibility index (Phi) is 12.1. The van der Waals surface area contributed by atoms with E-state index in [1.807, 2.05) is 24.3 Å². The molecule has 0 fully saturated rings. The molecule has 4 heteroatoms. The molecule has 2 N–H and O–H groups in total. The zero-order valence-electron chi connectivity index (χ0n) is 16.0. The van der Waals surface area contributed by atoms with Gasteiger partial charge in [0.1, 0.15) is 5.75 Å². The molecule has 0 heterocycles. The minimum Gasteiger partial charge on any atom is -0.493 e. The number of hydrogen-bond acceptors (Lipinski definition) is 3. The molecule has 0 aliphatic carbocycles. The summed E-state index contributed by atoms with van der Waals surface area (Å²) in [5, 5.41) is 18.6. The van der Waals surface area contributed by atoms with E-state index in [1.54, 1.807) is 30.3 Å². The molecule has 0 radical (unpaired) electrons. The first kappa shape index (κ1) is 22.5. The highest BCUT2D eigenvalue weighted by atomic mass is 16.5. The molecule has 27 heavy (non-hydrogen) atoms. The van der Waals surface area contributed by atoms with Gasteiger partial charge in [0.05, 0.1) is 19.1 Å². The highest BCUT2D eigenvalue weighted by molar-refractivity contribution is 5.70. The summed E-state index contributed by atoms with van der Waals surface area (Å²) < 4.78 is 5.56. The number of carboxylic acids is 1. The number of aliphatic hydroxyl groups is 1. The van der Waals surface area contributed by atoms with Crippen LogP contribution in [0.5, 0.6) is 5.75 Å². The van der Waals surface area contributed by atoms with Gasteiger partial charge >= 0.3 is 5.97 Å². The number of carboxylic acid groups (broad SMARTS) is 1. The van der Waals surface area contributed by atoms with E-state index in [2.05, 4.69) is 25.2 Å². The third-order valence-electron chi connectivity index (χ3n) is 3.67. The van der Waals surface area contributed by atoms with Gasteiger partial charge < -0.3 is 14.9 Å². The Hall–Kier alpha value is -2.59. The maximum Gasteiger partial charge on any atom is 0.307 e. The van der Waals surface area contributed by atoms with Gasteiger partial charge in [0, 0.05) is 6.42 Å². The normalized spacial score (nSPS) is 13.3. The third kappa shape index (κ3) is 12.4. The maximum atomic E-state index is 10.6. The smallest absolute Gasteiger partial charge is 0.307 e. The van der Waals surface area contributed by atoms with Gasteiger partial charge in [0.15, 0.2) is 0 Å². The lowest BCUT2D eigenvalue weighted by atomic mass is 10.1. The van der Waals surface area contributed by atoms with Crippen LogP contribution in [0, 0.1) is 0 Å². The predicted molar refractivity (Wildman–Crippen MR) is 110 cm³/mol. The van der Waals surface area contributed by atoms with Crippen LogP contribution in [0.3, 0.4) is 0 Å². The van der Waals surface area contributed by atoms with E-state index >= 15 is 0 Å². The van der Waals surface area contributed by atoms with Crippen molar-refractivity contribution in [2.75, 3.05) is 6.61 Å². The Morgan fingerprint density at radius 3 is 2.44 bits per heavy atom. The highest BCUT2D eigenvalue weighted by Gasteiger charge is 2.02. The van der Waals surface area contributed by atoms with Gasteiger partial charge in [-0.25, -0.2) is 0 Å². The molecule has 0 aliphatic rings. The second-order valence-electron chi connectivity index (χ2n) is 6.07. The first-order chi connectivity index (χ1) is 13.1. The maximum absolute atomic E-state index is 10.6. The summed E-state index contributed by atoms with van der Waals surface area (Å²) in [6.07, 6.45) is 19.0. The second kappa shape index (κ2) is 14.6. The quantitative estimate of drug-likeness (QED) is 0.296. The van der Waals surface area contributed by atoms with Gasteiger partial charge in [0.2, 0.25) is 0 Å². The van der Waals surface area contributed by atoms with E-state index in [0.29, 0.717) is 18.8 Å². The first-order valence-corrected chi connectivity index (χ1v) is 9.38. The lowest BCUT2D eigenvalue weighted by molar-refractivity contribution is -0.136. The van der Waals surface area contributed by atoms with E-state index in [4.69, 9.17) is 9.84 Å². The van der Waals surface area contributed by atoms with E-state index in [-0.39, 0.29) is 6.42 Å². The summed E-state index contributed by atoms with van der Waals surface area (Å²) in [4.78, 5) is 10.6. The average molecular weight is 370 g/mol. The number of unbranched alkanes of at least 4 members (excludes halogenated alkanes) is 1. The summed E-state index contributed by atoms with van der Waals surface area (Å²) >= 11 is 0. The number of benzene rings is 1. The molecule has 0 spiro atoms. The van der Waals surface area contributed by atoms with Gasteiger partial charge in [-0.3, -0.25) is 4.79 Å². The number of allylic oxidation sites excluding steroid dienone is 7. The molecule has 1 aromatic rings. The molecule has 1 atom stereocenters. The summed E-state index contributed by atoms with van der Waals surface area (Å²) in [7, 11) is 0. The van der Waals surface area contributed by atoms with E-state index in [0.717, 1.165) is 24.8 Å². The fourth-order valence-corrected chi connectivity index (χ4v) is 2.24. The molecular formula is C23H30O4. The molecule has 1 unspecified atom stereocenters. The number of ether oxygens (including phenoxy) is 1. The van der Waals surface area contributed by atoms with Crippen molar-refractivity contribution in [1.29, 1.82) is 0 Å². The van der Waals surface area contributed by atoms with Crippen molar-refractivity contribution >= 4 is 5.97 Å². The largest absolute Gasteiger partial charge is 0.493 e. The van der Waals surface area contributed by atoms with Crippen LogP contribution in [0.4, 0.5) is 0 Å². The molecule has 1 rings (SSSR count). The number of aliphatic hydroxyl groups excluding tert-OH is 1. The van der Waals surface area contributed by atoms with Crippen molar-refractivity contribution in [3.63, 3.8) is 0 Å². The van der Waals surface area contributed by atoms with E-state index in [1.165, 1.54) is 0 Å². The molecule has 146 valence electrons. The highest BCUT2D eigenvalue weighted by Crippen LogP contribution is 2.13. The number of carbonyl (C=O) groups is 1. The van der Waals surface area contributed by atoms with Gasteiger partial charge in [-0.1, -0.05) is 67.7 Å². The average Bonchev–Trinajstić information content (AvgIpc) is 2.64. The van der Waals surface area contributed by atoms with Gasteiger partial charge in [-0.05, 0) is 37.0 Å². The SMILES string of the molecule is CC/C=C\CC/C=C/C=C\C=C\C(O)CCOc1ccc(CC(=O)O)cc1. The molecule has 1 aromatic carbocycles. The topological polar surface area (TPSA) is 66.8 Å². The van der Waals surface area contributed by atoms with Crippen LogP contribution >= 0.6 is 0 Å². The Balaban J connectivity index is 2.19. The Labute approximate surface area is 162 Å². The molecule has 0 saturated heterocycles. The Bertz CT molecular complexity index is 639. The number of hydrogen-bond donors (Lipinski definition) is 2. The number of rotatable bonds is 13. The van der Waals surface area contributed by atoms with Crippen molar-refractivity contribution in [3.8, 4) is 5.75 Å². The molecular weight excluding hydrogens is 340 g/mol. The predicted octanol–water partition coefficient (Wildman–Crippen LogP) is 4.86. The second-order valence-corrected chi connectivity index (χ2v) is 6.07. The zero-order valence-corrected chi connectivity index (χ0v) is 16.0. The van der Waals surface area contributed by atoms with E-state index < -0.39 is 12.1 Å². The van der Waals surface area contributed by atoms with Crippen molar-refractivity contribution in [2.45, 2.75) is 45.1 Å². The van der Waals surface area contributed by atoms with Crippen LogP contribution in [0.25, 0.3) is 0 Å². The van der Waals surface area contributed by atoms with Crippen molar-refractivity contribution in [1.82, 2.24) is 0 Å². The lowest BCUT2D eigenvalue weighted by Gasteiger charge is -2.08. The number of aliphatic carboxylic acids is 1. The summed E-state index contributed by atoms with van der Waals surface area (Å²) in [6, 6.07) is 6.96. The lowest BCUT2D eigenvalue weighted by Crippen LogP contribution is -2.09. The van der Waals surface area contributed by atoms with Crippen LogP contribution in [-0.2, 0) is 11.2 Å². The van der Waals surface area contributed by atoms with Crippen LogP contribution in [-0.4, -0.2) is 28.9 Å². The van der Waals surface area contributed by atoms with Crippen molar-refractivity contribution in [3.05, 3.63) is 78.4 Å². The summed E-state index contributed by atoms with van der Waals surface area (Å²) in [5.41, 5.74) is 0.732. The van der Waals surface area contributed by atoms with Crippen molar-refractivity contribution in [2.24, 2.45) is 0 Å². The van der Waals surface area contributed by atoms with Crippen LogP contribution in [0.1, 0.15) is 38.2 Å². The molecule has 0 amide bonds. The fourth-order valence-electron chi connectivity index (χ4n) is 2.24. The minimum absolute atomic E-state index is 0.00238. The van der Waals surface area contributed by atoms with Crippen molar-refractivity contribution < 1.29 is 19.7 Å². The van der Waals surface area contributed by atoms with E-state index in [9.17, 15) is 9.90 Å². The Morgan fingerprint density at radius 1 is 1.04 bits per heavy atom. The zero-order chi connectivity index (χ0) is 19.7. The van der Waals surface area contributed by atoms with Crippen LogP contribution < -0.4 is 4.74 Å². The Morgan fingerprint density at radius 2 is 1.74 bits per heavy atom. The van der Waals surface area contributed by atoms with Gasteiger partial charge in [-0.2, -0.15) is 0 Å². The van der Waals surface area contributed by atoms with Gasteiger partial charge in [0.25, 0.3) is 0 Å². The summed E-state index contributed by atoms with van der Waals surface area (Å²) in [6.45, 7) is 2.52. The molecule has 0 aliphatic heterocycles. The molecule has 0 aromatic heterocycles. The van der Waals surface area contributed by atoms with Crippen LogP contribution in [0.2, 0.25) is 0 Å². The molecule has 0 saturated carbocycles. The van der Waals surface area contributed by atoms with Gasteiger partial charge in [-0.15, -0.1) is 0 Å². The first-order valence-electron chi connectivity index (χ1n) is 9.38.